The van der Waals surface area contributed by atoms with Gasteiger partial charge < -0.3 is 5.11 Å². The first kappa shape index (κ1) is 21.8. The van der Waals surface area contributed by atoms with Crippen molar-refractivity contribution in [3.63, 3.8) is 0 Å². The summed E-state index contributed by atoms with van der Waals surface area (Å²) >= 11 is 0. The standard InChI is InChI=1S/C17H17F9O/c1-3-5-10-6-4-7-11(8-10)12(2,27)9-13(18)14(19,20)16(23,24)17(25,26)15(13,21)22/h4,6-8,27H,3,5,9H2,1-2H3. The zero-order valence-electron chi connectivity index (χ0n) is 14.3. The predicted molar refractivity (Wildman–Crippen MR) is 78.3 cm³/mol. The fraction of sp³-hybridized carbons (Fsp3) is 0.647. The number of aryl methyl sites for hydroxylation is 1. The van der Waals surface area contributed by atoms with Crippen LogP contribution in [0.4, 0.5) is 39.5 Å². The normalized spacial score (nSPS) is 26.5. The second kappa shape index (κ2) is 6.02. The van der Waals surface area contributed by atoms with Gasteiger partial charge in [-0.1, -0.05) is 37.6 Å². The lowest BCUT2D eigenvalue weighted by atomic mass is 9.80. The van der Waals surface area contributed by atoms with Gasteiger partial charge in [0.15, 0.2) is 0 Å². The molecule has 1 aliphatic carbocycles. The van der Waals surface area contributed by atoms with E-state index in [0.717, 1.165) is 6.07 Å². The molecule has 0 heterocycles. The van der Waals surface area contributed by atoms with Crippen LogP contribution in [0, 0.1) is 0 Å². The van der Waals surface area contributed by atoms with Gasteiger partial charge in [0.2, 0.25) is 0 Å². The Labute approximate surface area is 149 Å². The Kier molecular flexibility index (Phi) is 4.87. The van der Waals surface area contributed by atoms with E-state index in [1.54, 1.807) is 13.0 Å². The minimum Gasteiger partial charge on any atom is -0.385 e. The quantitative estimate of drug-likeness (QED) is 0.638. The number of rotatable bonds is 5. The monoisotopic (exact) mass is 408 g/mol. The molecule has 0 saturated heterocycles. The zero-order valence-corrected chi connectivity index (χ0v) is 14.3. The van der Waals surface area contributed by atoms with Gasteiger partial charge in [0, 0.05) is 6.42 Å². The van der Waals surface area contributed by atoms with Crippen molar-refractivity contribution in [1.29, 1.82) is 0 Å². The topological polar surface area (TPSA) is 20.2 Å². The van der Waals surface area contributed by atoms with Crippen LogP contribution in [0.25, 0.3) is 0 Å². The Balaban J connectivity index is 2.55. The van der Waals surface area contributed by atoms with Gasteiger partial charge in [-0.15, -0.1) is 0 Å². The third-order valence-corrected chi connectivity index (χ3v) is 4.85. The lowest BCUT2D eigenvalue weighted by molar-refractivity contribution is -0.303. The first-order chi connectivity index (χ1) is 12.0. The van der Waals surface area contributed by atoms with Crippen molar-refractivity contribution in [2.24, 2.45) is 0 Å². The van der Waals surface area contributed by atoms with Crippen molar-refractivity contribution < 1.29 is 44.6 Å². The Morgan fingerprint density at radius 2 is 1.33 bits per heavy atom. The first-order valence-electron chi connectivity index (χ1n) is 8.01. The van der Waals surface area contributed by atoms with Crippen LogP contribution in [0.5, 0.6) is 0 Å². The van der Waals surface area contributed by atoms with Gasteiger partial charge in [-0.2, -0.15) is 35.1 Å². The number of benzene rings is 1. The Hall–Kier alpha value is -1.45. The van der Waals surface area contributed by atoms with Crippen LogP contribution in [0.3, 0.4) is 0 Å². The average Bonchev–Trinajstić information content (AvgIpc) is 2.58. The molecule has 1 unspecified atom stereocenters. The van der Waals surface area contributed by atoms with Gasteiger partial charge in [-0.05, 0) is 24.5 Å². The molecule has 27 heavy (non-hydrogen) atoms. The van der Waals surface area contributed by atoms with Crippen LogP contribution in [-0.2, 0) is 12.0 Å². The van der Waals surface area contributed by atoms with E-state index in [4.69, 9.17) is 0 Å². The molecule has 0 bridgehead atoms. The van der Waals surface area contributed by atoms with E-state index in [9.17, 15) is 44.6 Å². The Bertz CT molecular complexity index is 686. The van der Waals surface area contributed by atoms with Crippen LogP contribution < -0.4 is 0 Å². The SMILES string of the molecule is CCCc1cccc(C(C)(O)CC2(F)C(F)(F)C(F)(F)C(F)(F)C2(F)F)c1. The number of alkyl halides is 9. The molecule has 0 aromatic heterocycles. The summed E-state index contributed by atoms with van der Waals surface area (Å²) in [7, 11) is 0. The molecule has 1 aromatic carbocycles. The van der Waals surface area contributed by atoms with Crippen LogP contribution >= 0.6 is 0 Å². The summed E-state index contributed by atoms with van der Waals surface area (Å²) in [4.78, 5) is 0. The maximum absolute atomic E-state index is 14.7. The highest BCUT2D eigenvalue weighted by Crippen LogP contribution is 2.70. The Morgan fingerprint density at radius 1 is 0.852 bits per heavy atom. The van der Waals surface area contributed by atoms with E-state index in [2.05, 4.69) is 0 Å². The largest absolute Gasteiger partial charge is 0.385 e. The lowest BCUT2D eigenvalue weighted by Gasteiger charge is -2.37. The maximum atomic E-state index is 14.7. The number of halogens is 9. The highest BCUT2D eigenvalue weighted by Gasteiger charge is 3.00. The van der Waals surface area contributed by atoms with Crippen molar-refractivity contribution in [1.82, 2.24) is 0 Å². The molecule has 1 nitrogen and oxygen atoms in total. The molecule has 1 saturated carbocycles. The van der Waals surface area contributed by atoms with Crippen molar-refractivity contribution in [3.8, 4) is 0 Å². The molecule has 0 spiro atoms. The summed E-state index contributed by atoms with van der Waals surface area (Å²) in [5.74, 6) is -26.1. The summed E-state index contributed by atoms with van der Waals surface area (Å²) in [6.45, 7) is 2.41. The van der Waals surface area contributed by atoms with Gasteiger partial charge in [0.25, 0.3) is 5.67 Å². The molecule has 0 aliphatic heterocycles. The molecule has 2 rings (SSSR count). The number of hydrogen-bond donors (Lipinski definition) is 1. The van der Waals surface area contributed by atoms with Crippen LogP contribution in [0.1, 0.15) is 37.8 Å². The summed E-state index contributed by atoms with van der Waals surface area (Å²) in [5.41, 5.74) is -8.33. The number of hydrogen-bond acceptors (Lipinski definition) is 1. The highest BCUT2D eigenvalue weighted by molar-refractivity contribution is 5.32. The summed E-state index contributed by atoms with van der Waals surface area (Å²) in [6, 6.07) is 5.13. The fourth-order valence-electron chi connectivity index (χ4n) is 3.24. The van der Waals surface area contributed by atoms with E-state index in [0.29, 0.717) is 25.3 Å². The van der Waals surface area contributed by atoms with Gasteiger partial charge in [0.1, 0.15) is 0 Å². The summed E-state index contributed by atoms with van der Waals surface area (Å²) < 4.78 is 123. The minimum atomic E-state index is -6.64. The Morgan fingerprint density at radius 3 is 1.78 bits per heavy atom. The average molecular weight is 408 g/mol. The molecule has 1 N–H and O–H groups in total. The molecule has 1 aromatic rings. The molecule has 1 fully saturated rings. The van der Waals surface area contributed by atoms with E-state index in [1.807, 2.05) is 0 Å². The maximum Gasteiger partial charge on any atom is 0.381 e. The van der Waals surface area contributed by atoms with Crippen LogP contribution in [0.2, 0.25) is 0 Å². The fourth-order valence-corrected chi connectivity index (χ4v) is 3.24. The second-order valence-electron chi connectivity index (χ2n) is 7.00. The number of aliphatic hydroxyl groups is 1. The molecular formula is C17H17F9O. The van der Waals surface area contributed by atoms with Crippen molar-refractivity contribution in [3.05, 3.63) is 35.4 Å². The third-order valence-electron chi connectivity index (χ3n) is 4.85. The second-order valence-corrected chi connectivity index (χ2v) is 7.00. The van der Waals surface area contributed by atoms with Gasteiger partial charge in [-0.25, -0.2) is 4.39 Å². The zero-order chi connectivity index (χ0) is 21.1. The van der Waals surface area contributed by atoms with Crippen molar-refractivity contribution in [2.75, 3.05) is 0 Å². The van der Waals surface area contributed by atoms with E-state index in [1.165, 1.54) is 12.1 Å². The van der Waals surface area contributed by atoms with Crippen LogP contribution in [-0.4, -0.2) is 34.5 Å². The predicted octanol–water partition coefficient (Wildman–Crippen LogP) is 5.50. The summed E-state index contributed by atoms with van der Waals surface area (Å²) in [6.07, 6.45) is -1.30. The molecule has 10 heteroatoms. The van der Waals surface area contributed by atoms with Crippen molar-refractivity contribution >= 4 is 0 Å². The van der Waals surface area contributed by atoms with Gasteiger partial charge >= 0.3 is 23.7 Å². The molecular weight excluding hydrogens is 391 g/mol. The molecule has 0 amide bonds. The molecule has 1 aliphatic rings. The van der Waals surface area contributed by atoms with Crippen molar-refractivity contribution in [2.45, 2.75) is 68.1 Å². The highest BCUT2D eigenvalue weighted by atomic mass is 19.4. The van der Waals surface area contributed by atoms with E-state index >= 15 is 0 Å². The molecule has 0 radical (unpaired) electrons. The first-order valence-corrected chi connectivity index (χ1v) is 8.01. The molecule has 1 atom stereocenters. The van der Waals surface area contributed by atoms with E-state index < -0.39 is 41.4 Å². The van der Waals surface area contributed by atoms with E-state index in [-0.39, 0.29) is 5.56 Å². The van der Waals surface area contributed by atoms with Crippen LogP contribution in [0.15, 0.2) is 24.3 Å². The lowest BCUT2D eigenvalue weighted by Crippen LogP contribution is -2.57. The summed E-state index contributed by atoms with van der Waals surface area (Å²) in [5, 5.41) is 10.3. The van der Waals surface area contributed by atoms with Gasteiger partial charge in [0.05, 0.1) is 5.60 Å². The molecule has 154 valence electrons. The van der Waals surface area contributed by atoms with Gasteiger partial charge in [-0.3, -0.25) is 0 Å². The third kappa shape index (κ3) is 2.66. The minimum absolute atomic E-state index is 0.337. The smallest absolute Gasteiger partial charge is 0.381 e.